The Kier molecular flexibility index (Phi) is 4.21. The first-order chi connectivity index (χ1) is 5.33. The third-order valence-electron chi connectivity index (χ3n) is 1.37. The molecule has 0 saturated carbocycles. The Morgan fingerprint density at radius 1 is 1.27 bits per heavy atom. The fourth-order valence-corrected chi connectivity index (χ4v) is 2.98. The molecule has 0 fully saturated rings. The van der Waals surface area contributed by atoms with Gasteiger partial charge in [0, 0.05) is 0 Å². The van der Waals surface area contributed by atoms with Crippen LogP contribution in [0.1, 0.15) is 5.56 Å². The number of aryl methyl sites for hydroxylation is 1. The molecule has 2 heteroatoms. The molecule has 1 aromatic rings. The van der Waals surface area contributed by atoms with E-state index in [1.165, 1.54) is 15.3 Å². The van der Waals surface area contributed by atoms with Crippen LogP contribution in [0.4, 0.5) is 0 Å². The molecule has 0 aliphatic rings. The van der Waals surface area contributed by atoms with E-state index in [1.54, 1.807) is 0 Å². The van der Waals surface area contributed by atoms with Gasteiger partial charge in [-0.25, -0.2) is 0 Å². The minimum absolute atomic E-state index is 0.664. The summed E-state index contributed by atoms with van der Waals surface area (Å²) in [6.07, 6.45) is 0. The van der Waals surface area contributed by atoms with Crippen molar-refractivity contribution in [3.05, 3.63) is 29.8 Å². The number of rotatable bonds is 3. The summed E-state index contributed by atoms with van der Waals surface area (Å²) in [6.45, 7) is 2.13. The van der Waals surface area contributed by atoms with E-state index in [4.69, 9.17) is 0 Å². The predicted molar refractivity (Wildman–Crippen MR) is 55.2 cm³/mol. The zero-order chi connectivity index (χ0) is 8.10. The van der Waals surface area contributed by atoms with E-state index in [0.717, 1.165) is 5.33 Å². The molecule has 60 valence electrons. The standard InChI is InChI=1S/C9H11BrSe/c1-8-2-4-9(5-3-8)11-7-6-10/h2-5H,6-7H2,1H3. The van der Waals surface area contributed by atoms with Crippen molar-refractivity contribution < 1.29 is 0 Å². The number of alkyl halides is 1. The van der Waals surface area contributed by atoms with Crippen molar-refractivity contribution in [2.75, 3.05) is 5.33 Å². The first-order valence-corrected chi connectivity index (χ1v) is 6.77. The summed E-state index contributed by atoms with van der Waals surface area (Å²) in [6, 6.07) is 8.84. The van der Waals surface area contributed by atoms with Gasteiger partial charge in [0.05, 0.1) is 0 Å². The summed E-state index contributed by atoms with van der Waals surface area (Å²) < 4.78 is 1.50. The maximum atomic E-state index is 3.44. The van der Waals surface area contributed by atoms with Gasteiger partial charge in [-0.1, -0.05) is 0 Å². The molecule has 0 aliphatic heterocycles. The number of benzene rings is 1. The molecular weight excluding hydrogens is 267 g/mol. The molecule has 0 nitrogen and oxygen atoms in total. The van der Waals surface area contributed by atoms with Crippen LogP contribution < -0.4 is 4.46 Å². The molecule has 0 aliphatic carbocycles. The summed E-state index contributed by atoms with van der Waals surface area (Å²) in [5.74, 6) is 0. The van der Waals surface area contributed by atoms with Gasteiger partial charge in [0.15, 0.2) is 0 Å². The Labute approximate surface area is 82.7 Å². The first-order valence-electron chi connectivity index (χ1n) is 3.58. The van der Waals surface area contributed by atoms with Crippen molar-refractivity contribution in [1.29, 1.82) is 0 Å². The van der Waals surface area contributed by atoms with Gasteiger partial charge in [0.25, 0.3) is 0 Å². The summed E-state index contributed by atoms with van der Waals surface area (Å²) in [7, 11) is 0. The van der Waals surface area contributed by atoms with Crippen molar-refractivity contribution in [3.63, 3.8) is 0 Å². The third-order valence-corrected chi connectivity index (χ3v) is 5.07. The third kappa shape index (κ3) is 3.41. The molecule has 0 unspecified atom stereocenters. The molecule has 11 heavy (non-hydrogen) atoms. The Morgan fingerprint density at radius 2 is 1.91 bits per heavy atom. The fourth-order valence-electron chi connectivity index (χ4n) is 0.791. The van der Waals surface area contributed by atoms with Crippen LogP contribution in [0.2, 0.25) is 5.32 Å². The van der Waals surface area contributed by atoms with E-state index >= 15 is 0 Å². The van der Waals surface area contributed by atoms with Crippen LogP contribution in [0.15, 0.2) is 24.3 Å². The average Bonchev–Trinajstić information content (AvgIpc) is 2.04. The van der Waals surface area contributed by atoms with Crippen LogP contribution in [0.3, 0.4) is 0 Å². The van der Waals surface area contributed by atoms with Gasteiger partial charge in [-0.05, 0) is 0 Å². The van der Waals surface area contributed by atoms with Crippen molar-refractivity contribution in [3.8, 4) is 0 Å². The van der Waals surface area contributed by atoms with Gasteiger partial charge in [-0.15, -0.1) is 0 Å². The van der Waals surface area contributed by atoms with Gasteiger partial charge < -0.3 is 0 Å². The molecule has 0 radical (unpaired) electrons. The zero-order valence-corrected chi connectivity index (χ0v) is 9.81. The monoisotopic (exact) mass is 278 g/mol. The SMILES string of the molecule is Cc1ccc([Se]CCBr)cc1. The zero-order valence-electron chi connectivity index (χ0n) is 6.51. The summed E-state index contributed by atoms with van der Waals surface area (Å²) >= 11 is 4.10. The molecule has 0 atom stereocenters. The predicted octanol–water partition coefficient (Wildman–Crippen LogP) is 2.14. The molecule has 1 rings (SSSR count). The minimum atomic E-state index is 0.664. The number of hydrogen-bond donors (Lipinski definition) is 0. The Bertz CT molecular complexity index is 205. The van der Waals surface area contributed by atoms with E-state index in [0.29, 0.717) is 15.0 Å². The average molecular weight is 278 g/mol. The van der Waals surface area contributed by atoms with Gasteiger partial charge in [0.1, 0.15) is 0 Å². The molecule has 0 aromatic heterocycles. The van der Waals surface area contributed by atoms with E-state index in [-0.39, 0.29) is 0 Å². The molecule has 0 amide bonds. The molecule has 0 spiro atoms. The molecular formula is C9H11BrSe. The van der Waals surface area contributed by atoms with E-state index in [2.05, 4.69) is 47.1 Å². The van der Waals surface area contributed by atoms with Crippen LogP contribution in [0, 0.1) is 6.92 Å². The maximum absolute atomic E-state index is 3.44. The van der Waals surface area contributed by atoms with E-state index in [1.807, 2.05) is 0 Å². The van der Waals surface area contributed by atoms with Crippen LogP contribution in [0.5, 0.6) is 0 Å². The van der Waals surface area contributed by atoms with Crippen molar-refractivity contribution in [2.24, 2.45) is 0 Å². The van der Waals surface area contributed by atoms with Crippen LogP contribution in [0.25, 0.3) is 0 Å². The van der Waals surface area contributed by atoms with Crippen molar-refractivity contribution in [1.82, 2.24) is 0 Å². The van der Waals surface area contributed by atoms with E-state index < -0.39 is 0 Å². The fraction of sp³-hybridized carbons (Fsp3) is 0.333. The van der Waals surface area contributed by atoms with E-state index in [9.17, 15) is 0 Å². The van der Waals surface area contributed by atoms with Gasteiger partial charge in [0.2, 0.25) is 0 Å². The van der Waals surface area contributed by atoms with Crippen molar-refractivity contribution >= 4 is 35.3 Å². The van der Waals surface area contributed by atoms with Gasteiger partial charge in [-0.2, -0.15) is 0 Å². The quantitative estimate of drug-likeness (QED) is 0.587. The van der Waals surface area contributed by atoms with Crippen molar-refractivity contribution in [2.45, 2.75) is 12.2 Å². The number of halogens is 1. The second-order valence-corrected chi connectivity index (χ2v) is 5.59. The van der Waals surface area contributed by atoms with Crippen LogP contribution >= 0.6 is 15.9 Å². The summed E-state index contributed by atoms with van der Waals surface area (Å²) in [4.78, 5) is 0. The Hall–Kier alpha value is 0.219. The number of hydrogen-bond acceptors (Lipinski definition) is 0. The van der Waals surface area contributed by atoms with Gasteiger partial charge in [-0.3, -0.25) is 0 Å². The molecule has 0 saturated heterocycles. The van der Waals surface area contributed by atoms with Gasteiger partial charge >= 0.3 is 82.8 Å². The molecule has 0 heterocycles. The van der Waals surface area contributed by atoms with Crippen LogP contribution in [-0.2, 0) is 0 Å². The summed E-state index contributed by atoms with van der Waals surface area (Å²) in [5.41, 5.74) is 1.35. The normalized spacial score (nSPS) is 10.0. The molecule has 0 bridgehead atoms. The Balaban J connectivity index is 2.52. The second kappa shape index (κ2) is 4.97. The van der Waals surface area contributed by atoms with Crippen LogP contribution in [-0.4, -0.2) is 20.3 Å². The first kappa shape index (κ1) is 9.31. The summed E-state index contributed by atoms with van der Waals surface area (Å²) in [5, 5.41) is 2.41. The topological polar surface area (TPSA) is 0 Å². The molecule has 1 aromatic carbocycles. The second-order valence-electron chi connectivity index (χ2n) is 2.35. The molecule has 0 N–H and O–H groups in total. The Morgan fingerprint density at radius 3 is 2.45 bits per heavy atom.